The summed E-state index contributed by atoms with van der Waals surface area (Å²) in [7, 11) is 0. The van der Waals surface area contributed by atoms with Crippen LogP contribution in [0, 0.1) is 0 Å². The summed E-state index contributed by atoms with van der Waals surface area (Å²) >= 11 is 4.63. The summed E-state index contributed by atoms with van der Waals surface area (Å²) in [6, 6.07) is 8.09. The van der Waals surface area contributed by atoms with Crippen LogP contribution in [0.4, 0.5) is 5.69 Å². The molecule has 0 saturated carbocycles. The van der Waals surface area contributed by atoms with E-state index < -0.39 is 0 Å². The summed E-state index contributed by atoms with van der Waals surface area (Å²) in [6.07, 6.45) is 1.11. The van der Waals surface area contributed by atoms with E-state index in [1.807, 2.05) is 12.1 Å². The van der Waals surface area contributed by atoms with Crippen molar-refractivity contribution in [3.63, 3.8) is 0 Å². The van der Waals surface area contributed by atoms with Crippen molar-refractivity contribution >= 4 is 46.5 Å². The zero-order chi connectivity index (χ0) is 16.7. The molecule has 2 aromatic rings. The highest BCUT2D eigenvalue weighted by Crippen LogP contribution is 2.28. The van der Waals surface area contributed by atoms with E-state index in [2.05, 4.69) is 48.4 Å². The molecule has 0 aliphatic rings. The van der Waals surface area contributed by atoms with Crippen LogP contribution in [-0.4, -0.2) is 27.6 Å². The smallest absolute Gasteiger partial charge is 0.234 e. The van der Waals surface area contributed by atoms with E-state index in [-0.39, 0.29) is 5.91 Å². The highest BCUT2D eigenvalue weighted by molar-refractivity contribution is 8.03. The lowest BCUT2D eigenvalue weighted by molar-refractivity contribution is -0.113. The summed E-state index contributed by atoms with van der Waals surface area (Å²) in [4.78, 5) is 12.0. The third-order valence-corrected chi connectivity index (χ3v) is 6.43. The van der Waals surface area contributed by atoms with Crippen molar-refractivity contribution in [3.05, 3.63) is 29.8 Å². The maximum Gasteiger partial charge on any atom is 0.234 e. The molecule has 4 nitrogen and oxygen atoms in total. The van der Waals surface area contributed by atoms with Gasteiger partial charge >= 0.3 is 0 Å². The molecule has 1 amide bonds. The van der Waals surface area contributed by atoms with Crippen molar-refractivity contribution in [2.45, 2.75) is 41.8 Å². The lowest BCUT2D eigenvalue weighted by atomic mass is 9.99. The lowest BCUT2D eigenvalue weighted by Gasteiger charge is -2.10. The molecule has 0 spiro atoms. The second-order valence-electron chi connectivity index (χ2n) is 5.04. The first-order valence-electron chi connectivity index (χ1n) is 7.61. The SMILES string of the molecule is CCSc1nnc(SCC(=O)Nc2ccc([C@@H](C)CC)cc2)s1. The number of amides is 1. The predicted molar refractivity (Wildman–Crippen MR) is 101 cm³/mol. The van der Waals surface area contributed by atoms with Crippen molar-refractivity contribution < 1.29 is 4.79 Å². The number of benzene rings is 1. The summed E-state index contributed by atoms with van der Waals surface area (Å²) in [6.45, 7) is 6.46. The van der Waals surface area contributed by atoms with Crippen LogP contribution in [0.25, 0.3) is 0 Å². The molecule has 0 bridgehead atoms. The van der Waals surface area contributed by atoms with Gasteiger partial charge in [0.05, 0.1) is 5.75 Å². The first-order valence-corrected chi connectivity index (χ1v) is 10.4. The average Bonchev–Trinajstić information content (AvgIpc) is 3.01. The van der Waals surface area contributed by atoms with Crippen LogP contribution < -0.4 is 5.32 Å². The van der Waals surface area contributed by atoms with Crippen LogP contribution in [0.15, 0.2) is 32.9 Å². The number of thioether (sulfide) groups is 2. The molecule has 1 aromatic heterocycles. The molecule has 7 heteroatoms. The fraction of sp³-hybridized carbons (Fsp3) is 0.438. The van der Waals surface area contributed by atoms with E-state index in [0.29, 0.717) is 11.7 Å². The normalized spacial score (nSPS) is 12.1. The number of carbonyl (C=O) groups is 1. The Hall–Kier alpha value is -1.05. The molecule has 2 rings (SSSR count). The summed E-state index contributed by atoms with van der Waals surface area (Å²) in [5.41, 5.74) is 2.14. The monoisotopic (exact) mass is 367 g/mol. The second-order valence-corrected chi connectivity index (χ2v) is 8.75. The Morgan fingerprint density at radius 1 is 1.17 bits per heavy atom. The van der Waals surface area contributed by atoms with Crippen molar-refractivity contribution in [3.8, 4) is 0 Å². The van der Waals surface area contributed by atoms with Gasteiger partial charge in [0, 0.05) is 5.69 Å². The van der Waals surface area contributed by atoms with Gasteiger partial charge in [-0.3, -0.25) is 4.79 Å². The molecule has 0 aliphatic heterocycles. The molecular weight excluding hydrogens is 346 g/mol. The fourth-order valence-electron chi connectivity index (χ4n) is 1.89. The topological polar surface area (TPSA) is 54.9 Å². The van der Waals surface area contributed by atoms with E-state index in [4.69, 9.17) is 0 Å². The Balaban J connectivity index is 1.82. The van der Waals surface area contributed by atoms with Crippen molar-refractivity contribution in [1.82, 2.24) is 10.2 Å². The van der Waals surface area contributed by atoms with Crippen LogP contribution in [0.1, 0.15) is 38.7 Å². The highest BCUT2D eigenvalue weighted by atomic mass is 32.2. The predicted octanol–water partition coefficient (Wildman–Crippen LogP) is 4.89. The Labute approximate surface area is 149 Å². The van der Waals surface area contributed by atoms with Crippen molar-refractivity contribution in [2.24, 2.45) is 0 Å². The van der Waals surface area contributed by atoms with Crippen molar-refractivity contribution in [2.75, 3.05) is 16.8 Å². The molecule has 1 heterocycles. The van der Waals surface area contributed by atoms with Gasteiger partial charge in [-0.25, -0.2) is 0 Å². The molecular formula is C16H21N3OS3. The second kappa shape index (κ2) is 9.30. The number of nitrogens with one attached hydrogen (secondary N) is 1. The van der Waals surface area contributed by atoms with Gasteiger partial charge in [-0.15, -0.1) is 10.2 Å². The summed E-state index contributed by atoms with van der Waals surface area (Å²) in [5.74, 6) is 1.85. The van der Waals surface area contributed by atoms with Gasteiger partial charge in [0.15, 0.2) is 8.68 Å². The molecule has 0 fully saturated rings. The molecule has 1 atom stereocenters. The van der Waals surface area contributed by atoms with E-state index in [1.54, 1.807) is 11.8 Å². The summed E-state index contributed by atoms with van der Waals surface area (Å²) < 4.78 is 1.79. The molecule has 1 aromatic carbocycles. The zero-order valence-electron chi connectivity index (χ0n) is 13.5. The minimum atomic E-state index is -0.0221. The molecule has 0 saturated heterocycles. The standard InChI is InChI=1S/C16H21N3OS3/c1-4-11(3)12-6-8-13(9-7-12)17-14(20)10-22-16-19-18-15(23-16)21-5-2/h6-9,11H,4-5,10H2,1-3H3,(H,17,20)/t11-/m0/s1. The van der Waals surface area contributed by atoms with Gasteiger partial charge in [-0.2, -0.15) is 0 Å². The number of aromatic nitrogens is 2. The van der Waals surface area contributed by atoms with E-state index >= 15 is 0 Å². The number of hydrogen-bond donors (Lipinski definition) is 1. The largest absolute Gasteiger partial charge is 0.325 e. The van der Waals surface area contributed by atoms with Crippen LogP contribution in [0.3, 0.4) is 0 Å². The molecule has 23 heavy (non-hydrogen) atoms. The third-order valence-electron chi connectivity index (χ3n) is 3.36. The van der Waals surface area contributed by atoms with Crippen molar-refractivity contribution in [1.29, 1.82) is 0 Å². The van der Waals surface area contributed by atoms with E-state index in [9.17, 15) is 4.79 Å². The Kier molecular flexibility index (Phi) is 7.39. The van der Waals surface area contributed by atoms with Gasteiger partial charge in [0.1, 0.15) is 0 Å². The Morgan fingerprint density at radius 3 is 2.43 bits per heavy atom. The first-order chi connectivity index (χ1) is 11.1. The minimum Gasteiger partial charge on any atom is -0.325 e. The Morgan fingerprint density at radius 2 is 1.83 bits per heavy atom. The average molecular weight is 368 g/mol. The first kappa shape index (κ1) is 18.3. The number of anilines is 1. The van der Waals surface area contributed by atoms with Gasteiger partial charge < -0.3 is 5.32 Å². The van der Waals surface area contributed by atoms with E-state index in [1.165, 1.54) is 28.7 Å². The van der Waals surface area contributed by atoms with Gasteiger partial charge in [0.2, 0.25) is 5.91 Å². The van der Waals surface area contributed by atoms with Crippen LogP contribution in [-0.2, 0) is 4.79 Å². The minimum absolute atomic E-state index is 0.0221. The Bertz CT molecular complexity index is 628. The number of rotatable bonds is 8. The maximum atomic E-state index is 12.0. The number of hydrogen-bond acceptors (Lipinski definition) is 6. The molecule has 1 N–H and O–H groups in total. The van der Waals surface area contributed by atoms with Gasteiger partial charge in [-0.1, -0.05) is 67.8 Å². The maximum absolute atomic E-state index is 12.0. The molecule has 0 unspecified atom stereocenters. The number of nitrogens with zero attached hydrogens (tertiary/aromatic N) is 2. The highest BCUT2D eigenvalue weighted by Gasteiger charge is 2.09. The van der Waals surface area contributed by atoms with E-state index in [0.717, 1.165) is 26.5 Å². The zero-order valence-corrected chi connectivity index (χ0v) is 16.0. The fourth-order valence-corrected chi connectivity index (χ4v) is 4.61. The number of carbonyl (C=O) groups excluding carboxylic acids is 1. The molecule has 124 valence electrons. The van der Waals surface area contributed by atoms with Crippen LogP contribution >= 0.6 is 34.9 Å². The quantitative estimate of drug-likeness (QED) is 0.673. The summed E-state index contributed by atoms with van der Waals surface area (Å²) in [5, 5.41) is 11.1. The third kappa shape index (κ3) is 5.82. The van der Waals surface area contributed by atoms with Gasteiger partial charge in [-0.05, 0) is 35.8 Å². The van der Waals surface area contributed by atoms with Crippen LogP contribution in [0.5, 0.6) is 0 Å². The molecule has 0 radical (unpaired) electrons. The molecule has 0 aliphatic carbocycles. The van der Waals surface area contributed by atoms with Crippen LogP contribution in [0.2, 0.25) is 0 Å². The van der Waals surface area contributed by atoms with Gasteiger partial charge in [0.25, 0.3) is 0 Å². The lowest BCUT2D eigenvalue weighted by Crippen LogP contribution is -2.13.